The van der Waals surface area contributed by atoms with Gasteiger partial charge in [0.15, 0.2) is 0 Å². The number of benzene rings is 1. The number of hydrogen-bond donors (Lipinski definition) is 1. The van der Waals surface area contributed by atoms with E-state index < -0.39 is 45.3 Å². The van der Waals surface area contributed by atoms with Gasteiger partial charge in [-0.05, 0) is 37.0 Å². The number of nitro groups is 1. The average Bonchev–Trinajstić information content (AvgIpc) is 3.14. The lowest BCUT2D eigenvalue weighted by molar-refractivity contribution is -0.384. The van der Waals surface area contributed by atoms with Gasteiger partial charge < -0.3 is 15.0 Å². The monoisotopic (exact) mass is 555 g/mol. The third kappa shape index (κ3) is 6.74. The molecule has 2 aliphatic heterocycles. The van der Waals surface area contributed by atoms with Gasteiger partial charge in [0, 0.05) is 36.6 Å². The molecule has 0 unspecified atom stereocenters. The van der Waals surface area contributed by atoms with Crippen molar-refractivity contribution in [2.24, 2.45) is 5.92 Å². The summed E-state index contributed by atoms with van der Waals surface area (Å²) in [6.07, 6.45) is 0.576. The SMILES string of the molecule is CCOS(=O)(=O)O[C@@H](C)[C@@H]1C(=O)N2C(C(=O)OCc3ccc([N+](=O)[O-])cc3)=C(S/C=C/NC(C)=O)C[C@H]12. The quantitative estimate of drug-likeness (QED) is 0.173. The van der Waals surface area contributed by atoms with Crippen LogP contribution in [0.5, 0.6) is 0 Å². The summed E-state index contributed by atoms with van der Waals surface area (Å²) in [6.45, 7) is 3.93. The topological polar surface area (TPSA) is 171 Å². The van der Waals surface area contributed by atoms with Crippen LogP contribution < -0.4 is 5.32 Å². The van der Waals surface area contributed by atoms with Gasteiger partial charge >= 0.3 is 16.4 Å². The summed E-state index contributed by atoms with van der Waals surface area (Å²) in [5, 5.41) is 14.8. The summed E-state index contributed by atoms with van der Waals surface area (Å²) < 4.78 is 38.7. The number of hydrogen-bond acceptors (Lipinski definition) is 11. The molecule has 2 aliphatic rings. The summed E-state index contributed by atoms with van der Waals surface area (Å²) in [4.78, 5) is 49.2. The molecule has 1 N–H and O–H groups in total. The van der Waals surface area contributed by atoms with E-state index in [-0.39, 0.29) is 36.9 Å². The van der Waals surface area contributed by atoms with Crippen LogP contribution in [0.1, 0.15) is 32.8 Å². The predicted octanol–water partition coefficient (Wildman–Crippen LogP) is 2.11. The Hall–Kier alpha value is -3.27. The van der Waals surface area contributed by atoms with Crippen molar-refractivity contribution >= 4 is 45.6 Å². The fourth-order valence-corrected chi connectivity index (χ4v) is 5.62. The lowest BCUT2D eigenvalue weighted by atomic mass is 9.83. The van der Waals surface area contributed by atoms with Crippen LogP contribution in [-0.2, 0) is 44.5 Å². The van der Waals surface area contributed by atoms with Gasteiger partial charge in [-0.3, -0.25) is 19.7 Å². The van der Waals surface area contributed by atoms with E-state index in [9.17, 15) is 32.9 Å². The van der Waals surface area contributed by atoms with Crippen molar-refractivity contribution in [3.05, 3.63) is 62.2 Å². The molecule has 3 rings (SSSR count). The number of rotatable bonds is 12. The number of nitrogens with one attached hydrogen (secondary N) is 1. The molecule has 13 nitrogen and oxygen atoms in total. The Morgan fingerprint density at radius 1 is 1.32 bits per heavy atom. The number of carbonyl (C=O) groups is 3. The van der Waals surface area contributed by atoms with Crippen molar-refractivity contribution in [3.8, 4) is 0 Å². The Morgan fingerprint density at radius 2 is 2.00 bits per heavy atom. The number of fused-ring (bicyclic) bond motifs is 1. The first-order chi connectivity index (χ1) is 17.4. The van der Waals surface area contributed by atoms with Crippen molar-refractivity contribution < 1.29 is 40.8 Å². The highest BCUT2D eigenvalue weighted by atomic mass is 32.3. The molecule has 0 bridgehead atoms. The molecule has 2 heterocycles. The van der Waals surface area contributed by atoms with Gasteiger partial charge in [-0.25, -0.2) is 13.2 Å². The summed E-state index contributed by atoms with van der Waals surface area (Å²) in [5.41, 5.74) is 0.399. The molecule has 0 aromatic heterocycles. The van der Waals surface area contributed by atoms with E-state index in [0.29, 0.717) is 10.5 Å². The zero-order chi connectivity index (χ0) is 27.3. The van der Waals surface area contributed by atoms with Crippen molar-refractivity contribution in [1.82, 2.24) is 10.2 Å². The number of carbonyl (C=O) groups excluding carboxylic acids is 3. The van der Waals surface area contributed by atoms with Crippen LogP contribution in [0.3, 0.4) is 0 Å². The molecule has 15 heteroatoms. The molecule has 0 radical (unpaired) electrons. The maximum absolute atomic E-state index is 13.0. The van der Waals surface area contributed by atoms with Gasteiger partial charge in [0.05, 0.1) is 29.6 Å². The minimum absolute atomic E-state index is 0.00509. The Morgan fingerprint density at radius 3 is 2.59 bits per heavy atom. The average molecular weight is 556 g/mol. The summed E-state index contributed by atoms with van der Waals surface area (Å²) in [7, 11) is -4.30. The second-order valence-electron chi connectivity index (χ2n) is 8.01. The molecule has 1 aromatic rings. The predicted molar refractivity (Wildman–Crippen MR) is 130 cm³/mol. The van der Waals surface area contributed by atoms with Crippen LogP contribution in [0.15, 0.2) is 46.5 Å². The van der Waals surface area contributed by atoms with Gasteiger partial charge in [-0.2, -0.15) is 8.42 Å². The first kappa shape index (κ1) is 28.3. The number of nitro benzene ring substituents is 1. The number of thioether (sulfide) groups is 1. The lowest BCUT2D eigenvalue weighted by Gasteiger charge is -2.45. The molecule has 3 atom stereocenters. The number of nitrogens with zero attached hydrogens (tertiary/aromatic N) is 2. The van der Waals surface area contributed by atoms with E-state index in [1.807, 2.05) is 0 Å². The van der Waals surface area contributed by atoms with Gasteiger partial charge in [0.1, 0.15) is 12.3 Å². The van der Waals surface area contributed by atoms with Crippen LogP contribution in [0.4, 0.5) is 5.69 Å². The normalized spacial score (nSPS) is 20.0. The number of esters is 1. The minimum Gasteiger partial charge on any atom is -0.456 e. The van der Waals surface area contributed by atoms with Crippen molar-refractivity contribution in [1.29, 1.82) is 0 Å². The summed E-state index contributed by atoms with van der Waals surface area (Å²) in [6, 6.07) is 4.92. The maximum Gasteiger partial charge on any atom is 0.400 e. The zero-order valence-corrected chi connectivity index (χ0v) is 21.7. The molecule has 0 saturated carbocycles. The van der Waals surface area contributed by atoms with Gasteiger partial charge in [0.2, 0.25) is 11.8 Å². The number of ether oxygens (including phenoxy) is 1. The molecule has 1 fully saturated rings. The third-order valence-electron chi connectivity index (χ3n) is 5.48. The maximum atomic E-state index is 13.0. The molecule has 2 amide bonds. The molecule has 37 heavy (non-hydrogen) atoms. The van der Waals surface area contributed by atoms with E-state index >= 15 is 0 Å². The van der Waals surface area contributed by atoms with Gasteiger partial charge in [-0.15, -0.1) is 0 Å². The molecule has 0 aliphatic carbocycles. The highest BCUT2D eigenvalue weighted by molar-refractivity contribution is 8.05. The van der Waals surface area contributed by atoms with Crippen LogP contribution in [0, 0.1) is 16.0 Å². The first-order valence-electron chi connectivity index (χ1n) is 11.1. The molecular weight excluding hydrogens is 530 g/mol. The smallest absolute Gasteiger partial charge is 0.400 e. The summed E-state index contributed by atoms with van der Waals surface area (Å²) in [5.74, 6) is -2.43. The van der Waals surface area contributed by atoms with Crippen LogP contribution >= 0.6 is 11.8 Å². The number of β-lactam (4-membered cyclic amide) rings is 1. The van der Waals surface area contributed by atoms with Crippen molar-refractivity contribution in [3.63, 3.8) is 0 Å². The first-order valence-corrected chi connectivity index (χ1v) is 13.3. The molecule has 1 aromatic carbocycles. The van der Waals surface area contributed by atoms with Crippen molar-refractivity contribution in [2.45, 2.75) is 45.9 Å². The standard InChI is InChI=1S/C22H25N3O10S2/c1-4-34-37(31,32)35-13(2)19-17-11-18(36-10-9-23-14(3)26)20(24(17)21(19)27)22(28)33-12-15-5-7-16(8-6-15)25(29)30/h5-10,13,17,19H,4,11-12H2,1-3H3,(H,23,26)/b10-9+/t13-,17+,19-/m0/s1. The van der Waals surface area contributed by atoms with Gasteiger partial charge in [0.25, 0.3) is 5.69 Å². The highest BCUT2D eigenvalue weighted by Gasteiger charge is 2.58. The number of non-ortho nitro benzene ring substituents is 1. The van der Waals surface area contributed by atoms with E-state index in [4.69, 9.17) is 8.92 Å². The highest BCUT2D eigenvalue weighted by Crippen LogP contribution is 2.48. The Balaban J connectivity index is 1.76. The Bertz CT molecular complexity index is 1240. The largest absolute Gasteiger partial charge is 0.456 e. The fourth-order valence-electron chi connectivity index (χ4n) is 3.93. The second-order valence-corrected chi connectivity index (χ2v) is 10.3. The van der Waals surface area contributed by atoms with E-state index in [1.54, 1.807) is 0 Å². The second kappa shape index (κ2) is 11.9. The fraction of sp³-hybridized carbons (Fsp3) is 0.409. The molecular formula is C22H25N3O10S2. The van der Waals surface area contributed by atoms with E-state index in [1.165, 1.54) is 61.5 Å². The number of amides is 2. The Labute approximate surface area is 217 Å². The summed E-state index contributed by atoms with van der Waals surface area (Å²) >= 11 is 1.10. The van der Waals surface area contributed by atoms with Crippen LogP contribution in [-0.4, -0.2) is 54.8 Å². The van der Waals surface area contributed by atoms with Crippen LogP contribution in [0.2, 0.25) is 0 Å². The van der Waals surface area contributed by atoms with E-state index in [0.717, 1.165) is 11.8 Å². The molecule has 1 saturated heterocycles. The third-order valence-corrected chi connectivity index (χ3v) is 7.46. The van der Waals surface area contributed by atoms with Crippen molar-refractivity contribution in [2.75, 3.05) is 6.61 Å². The zero-order valence-electron chi connectivity index (χ0n) is 20.1. The molecule has 200 valence electrons. The molecule has 0 spiro atoms. The minimum atomic E-state index is -4.30. The lowest BCUT2D eigenvalue weighted by Crippen LogP contribution is -2.62. The van der Waals surface area contributed by atoms with E-state index in [2.05, 4.69) is 9.50 Å². The van der Waals surface area contributed by atoms with Gasteiger partial charge in [-0.1, -0.05) is 11.8 Å². The van der Waals surface area contributed by atoms with Crippen LogP contribution in [0.25, 0.3) is 0 Å². The Kier molecular flexibility index (Phi) is 9.07.